The summed E-state index contributed by atoms with van der Waals surface area (Å²) in [7, 11) is 1.55. The van der Waals surface area contributed by atoms with E-state index < -0.39 is 5.97 Å². The first-order valence-electron chi connectivity index (χ1n) is 6.23. The van der Waals surface area contributed by atoms with Gasteiger partial charge in [-0.15, -0.1) is 0 Å². The van der Waals surface area contributed by atoms with Gasteiger partial charge in [0.15, 0.2) is 0 Å². The highest BCUT2D eigenvalue weighted by atomic mass is 79.9. The lowest BCUT2D eigenvalue weighted by Gasteiger charge is -2.26. The van der Waals surface area contributed by atoms with Crippen molar-refractivity contribution in [1.29, 1.82) is 0 Å². The number of amides is 1. The summed E-state index contributed by atoms with van der Waals surface area (Å²) in [6.45, 7) is 3.91. The van der Waals surface area contributed by atoms with Gasteiger partial charge in [0.05, 0.1) is 18.0 Å². The minimum atomic E-state index is -0.917. The van der Waals surface area contributed by atoms with Gasteiger partial charge in [-0.1, -0.05) is 0 Å². The highest BCUT2D eigenvalue weighted by Gasteiger charge is 2.20. The number of aliphatic carboxylic acids is 1. The van der Waals surface area contributed by atoms with Crippen molar-refractivity contribution in [3.8, 4) is 5.75 Å². The Hall–Kier alpha value is -1.56. The zero-order chi connectivity index (χ0) is 15.3. The Morgan fingerprint density at radius 3 is 2.50 bits per heavy atom. The largest absolute Gasteiger partial charge is 0.496 e. The van der Waals surface area contributed by atoms with Gasteiger partial charge in [0.1, 0.15) is 5.75 Å². The van der Waals surface area contributed by atoms with Crippen LogP contribution < -0.4 is 4.74 Å². The maximum absolute atomic E-state index is 12.4. The molecule has 0 radical (unpaired) electrons. The number of methoxy groups -OCH3 is 1. The SMILES string of the molecule is COc1ccc(C(=O)N(CCC(=O)O)C(C)C)cc1Br. The van der Waals surface area contributed by atoms with E-state index in [1.54, 1.807) is 30.2 Å². The van der Waals surface area contributed by atoms with E-state index in [9.17, 15) is 9.59 Å². The minimum Gasteiger partial charge on any atom is -0.496 e. The third-order valence-corrected chi connectivity index (χ3v) is 3.47. The van der Waals surface area contributed by atoms with Gasteiger partial charge in [0, 0.05) is 18.2 Å². The van der Waals surface area contributed by atoms with Crippen LogP contribution in [0.5, 0.6) is 5.75 Å². The topological polar surface area (TPSA) is 66.8 Å². The Kier molecular flexibility index (Phi) is 6.01. The molecule has 0 saturated carbocycles. The summed E-state index contributed by atoms with van der Waals surface area (Å²) in [5.74, 6) is -0.466. The van der Waals surface area contributed by atoms with Crippen molar-refractivity contribution in [2.24, 2.45) is 0 Å². The van der Waals surface area contributed by atoms with Crippen LogP contribution in [0, 0.1) is 0 Å². The zero-order valence-electron chi connectivity index (χ0n) is 11.7. The summed E-state index contributed by atoms with van der Waals surface area (Å²) in [4.78, 5) is 24.6. The van der Waals surface area contributed by atoms with Gasteiger partial charge in [-0.3, -0.25) is 9.59 Å². The van der Waals surface area contributed by atoms with E-state index in [1.807, 2.05) is 13.8 Å². The molecule has 0 spiro atoms. The molecule has 0 atom stereocenters. The molecular weight excluding hydrogens is 326 g/mol. The van der Waals surface area contributed by atoms with Crippen molar-refractivity contribution < 1.29 is 19.4 Å². The van der Waals surface area contributed by atoms with E-state index in [4.69, 9.17) is 9.84 Å². The molecule has 0 fully saturated rings. The maximum atomic E-state index is 12.4. The summed E-state index contributed by atoms with van der Waals surface area (Å²) in [6, 6.07) is 4.98. The fraction of sp³-hybridized carbons (Fsp3) is 0.429. The molecule has 5 nitrogen and oxygen atoms in total. The quantitative estimate of drug-likeness (QED) is 0.862. The first-order chi connectivity index (χ1) is 9.36. The van der Waals surface area contributed by atoms with E-state index in [0.717, 1.165) is 0 Å². The summed E-state index contributed by atoms with van der Waals surface area (Å²) in [5.41, 5.74) is 0.497. The van der Waals surface area contributed by atoms with Crippen LogP contribution in [0.3, 0.4) is 0 Å². The smallest absolute Gasteiger partial charge is 0.305 e. The van der Waals surface area contributed by atoms with Crippen molar-refractivity contribution in [1.82, 2.24) is 4.90 Å². The second kappa shape index (κ2) is 7.28. The van der Waals surface area contributed by atoms with Crippen LogP contribution in [0.25, 0.3) is 0 Å². The molecule has 0 saturated heterocycles. The van der Waals surface area contributed by atoms with Crippen molar-refractivity contribution >= 4 is 27.8 Å². The predicted octanol–water partition coefficient (Wildman–Crippen LogP) is 2.78. The van der Waals surface area contributed by atoms with E-state index in [2.05, 4.69) is 15.9 Å². The van der Waals surface area contributed by atoms with E-state index >= 15 is 0 Å². The molecule has 0 bridgehead atoms. The molecule has 0 unspecified atom stereocenters. The lowest BCUT2D eigenvalue weighted by molar-refractivity contribution is -0.137. The molecule has 0 heterocycles. The molecule has 1 aromatic carbocycles. The molecule has 110 valence electrons. The number of nitrogens with zero attached hydrogens (tertiary/aromatic N) is 1. The number of carbonyl (C=O) groups excluding carboxylic acids is 1. The average Bonchev–Trinajstić information content (AvgIpc) is 2.37. The Bertz CT molecular complexity index is 502. The Morgan fingerprint density at radius 2 is 2.05 bits per heavy atom. The Balaban J connectivity index is 2.94. The lowest BCUT2D eigenvalue weighted by Crippen LogP contribution is -2.38. The minimum absolute atomic E-state index is 0.0669. The molecule has 1 N–H and O–H groups in total. The van der Waals surface area contributed by atoms with Crippen LogP contribution in [0.4, 0.5) is 0 Å². The van der Waals surface area contributed by atoms with E-state index in [-0.39, 0.29) is 24.9 Å². The Morgan fingerprint density at radius 1 is 1.40 bits per heavy atom. The molecule has 1 rings (SSSR count). The van der Waals surface area contributed by atoms with E-state index in [1.165, 1.54) is 0 Å². The van der Waals surface area contributed by atoms with Gasteiger partial charge in [-0.05, 0) is 48.0 Å². The molecule has 20 heavy (non-hydrogen) atoms. The molecule has 0 aliphatic rings. The molecule has 0 aliphatic heterocycles. The first-order valence-corrected chi connectivity index (χ1v) is 7.02. The first kappa shape index (κ1) is 16.5. The normalized spacial score (nSPS) is 10.4. The summed E-state index contributed by atoms with van der Waals surface area (Å²) in [5, 5.41) is 8.75. The number of benzene rings is 1. The van der Waals surface area contributed by atoms with Crippen LogP contribution in [-0.2, 0) is 4.79 Å². The fourth-order valence-corrected chi connectivity index (χ4v) is 2.32. The highest BCUT2D eigenvalue weighted by Crippen LogP contribution is 2.26. The van der Waals surface area contributed by atoms with Crippen molar-refractivity contribution in [2.45, 2.75) is 26.3 Å². The van der Waals surface area contributed by atoms with Crippen LogP contribution in [0.1, 0.15) is 30.6 Å². The maximum Gasteiger partial charge on any atom is 0.305 e. The van der Waals surface area contributed by atoms with Crippen molar-refractivity contribution in [2.75, 3.05) is 13.7 Å². The third-order valence-electron chi connectivity index (χ3n) is 2.85. The van der Waals surface area contributed by atoms with Gasteiger partial charge in [-0.2, -0.15) is 0 Å². The number of rotatable bonds is 6. The van der Waals surface area contributed by atoms with Crippen molar-refractivity contribution in [3.05, 3.63) is 28.2 Å². The van der Waals surface area contributed by atoms with Crippen LogP contribution in [0.2, 0.25) is 0 Å². The fourth-order valence-electron chi connectivity index (χ4n) is 1.78. The number of carboxylic acids is 1. The second-order valence-corrected chi connectivity index (χ2v) is 5.44. The third kappa shape index (κ3) is 4.23. The number of carboxylic acid groups (broad SMARTS) is 1. The van der Waals surface area contributed by atoms with Crippen molar-refractivity contribution in [3.63, 3.8) is 0 Å². The molecular formula is C14H18BrNO4. The number of hydrogen-bond donors (Lipinski definition) is 1. The predicted molar refractivity (Wildman–Crippen MR) is 79.1 cm³/mol. The monoisotopic (exact) mass is 343 g/mol. The van der Waals surface area contributed by atoms with Gasteiger partial charge >= 0.3 is 5.97 Å². The highest BCUT2D eigenvalue weighted by molar-refractivity contribution is 9.10. The summed E-state index contributed by atoms with van der Waals surface area (Å²) >= 11 is 3.33. The lowest BCUT2D eigenvalue weighted by atomic mass is 10.1. The Labute approximate surface area is 126 Å². The van der Waals surface area contributed by atoms with Gasteiger partial charge in [0.2, 0.25) is 0 Å². The summed E-state index contributed by atoms with van der Waals surface area (Å²) < 4.78 is 5.80. The van der Waals surface area contributed by atoms with Gasteiger partial charge < -0.3 is 14.7 Å². The molecule has 0 aromatic heterocycles. The number of carbonyl (C=O) groups is 2. The van der Waals surface area contributed by atoms with Crippen LogP contribution >= 0.6 is 15.9 Å². The molecule has 1 amide bonds. The van der Waals surface area contributed by atoms with E-state index in [0.29, 0.717) is 15.8 Å². The number of ether oxygens (including phenoxy) is 1. The van der Waals surface area contributed by atoms with Gasteiger partial charge in [-0.25, -0.2) is 0 Å². The molecule has 6 heteroatoms. The zero-order valence-corrected chi connectivity index (χ0v) is 13.3. The molecule has 1 aromatic rings. The van der Waals surface area contributed by atoms with Gasteiger partial charge in [0.25, 0.3) is 5.91 Å². The summed E-state index contributed by atoms with van der Waals surface area (Å²) in [6.07, 6.45) is -0.0682. The van der Waals surface area contributed by atoms with Crippen LogP contribution in [0.15, 0.2) is 22.7 Å². The standard InChI is InChI=1S/C14H18BrNO4/c1-9(2)16(7-6-13(17)18)14(19)10-4-5-12(20-3)11(15)8-10/h4-5,8-9H,6-7H2,1-3H3,(H,17,18). The molecule has 0 aliphatic carbocycles. The second-order valence-electron chi connectivity index (χ2n) is 4.59. The number of hydrogen-bond acceptors (Lipinski definition) is 3. The van der Waals surface area contributed by atoms with Crippen LogP contribution in [-0.4, -0.2) is 41.6 Å². The number of halogens is 1. The average molecular weight is 344 g/mol.